The molecule has 4 fully saturated rings. The van der Waals surface area contributed by atoms with Gasteiger partial charge in [-0.1, -0.05) is 61.5 Å². The van der Waals surface area contributed by atoms with Gasteiger partial charge in [-0.05, 0) is 217 Å². The molecule has 8 aliphatic rings. The van der Waals surface area contributed by atoms with Gasteiger partial charge in [0.2, 0.25) is 0 Å². The van der Waals surface area contributed by atoms with Gasteiger partial charge >= 0.3 is 6.18 Å². The van der Waals surface area contributed by atoms with Crippen LogP contribution in [0.5, 0.6) is 51.7 Å². The van der Waals surface area contributed by atoms with Crippen LogP contribution in [0.4, 0.5) is 13.2 Å². The summed E-state index contributed by atoms with van der Waals surface area (Å²) in [6.45, 7) is 20.1. The molecule has 0 aliphatic carbocycles. The summed E-state index contributed by atoms with van der Waals surface area (Å²) in [5.41, 5.74) is 17.7. The van der Waals surface area contributed by atoms with E-state index in [1.807, 2.05) is 144 Å². The van der Waals surface area contributed by atoms with E-state index in [2.05, 4.69) is 76.6 Å². The van der Waals surface area contributed by atoms with Crippen LogP contribution in [0.3, 0.4) is 0 Å². The van der Waals surface area contributed by atoms with E-state index in [4.69, 9.17) is 43.6 Å². The van der Waals surface area contributed by atoms with Gasteiger partial charge in [-0.25, -0.2) is 0 Å². The number of amides is 4. The first kappa shape index (κ1) is 89.1. The highest BCUT2D eigenvalue weighted by Crippen LogP contribution is 2.54. The molecule has 0 saturated carbocycles. The van der Waals surface area contributed by atoms with Gasteiger partial charge in [0.05, 0.1) is 71.9 Å². The number of phenolic OH excluding ortho intramolecular Hbond substituents is 1. The van der Waals surface area contributed by atoms with E-state index < -0.39 is 39.9 Å². The summed E-state index contributed by atoms with van der Waals surface area (Å²) in [6.07, 6.45) is 3.41. The summed E-state index contributed by atoms with van der Waals surface area (Å²) in [7, 11) is 5.13. The van der Waals surface area contributed by atoms with E-state index in [1.165, 1.54) is 35.2 Å². The number of nitrogens with two attached hydrogens (primary N) is 1. The molecule has 20 rings (SSSR count). The van der Waals surface area contributed by atoms with Crippen LogP contribution in [0.15, 0.2) is 212 Å². The largest absolute Gasteiger partial charge is 0.508 e. The molecule has 4 saturated heterocycles. The van der Waals surface area contributed by atoms with Crippen LogP contribution in [0, 0.1) is 32.1 Å². The Labute approximate surface area is 764 Å². The van der Waals surface area contributed by atoms with Gasteiger partial charge in [0.25, 0.3) is 23.6 Å². The fraction of sp³-hybridized carbons (Fsp3) is 0.346. The molecule has 4 spiro atoms. The minimum absolute atomic E-state index is 0. The summed E-state index contributed by atoms with van der Waals surface area (Å²) in [4.78, 5) is 60.3. The predicted molar refractivity (Wildman–Crippen MR) is 495 cm³/mol. The number of fused-ring (bicyclic) bond motifs is 16. The van der Waals surface area contributed by atoms with Crippen molar-refractivity contribution < 1.29 is 79.6 Å². The fourth-order valence-electron chi connectivity index (χ4n) is 19.6. The molecule has 0 atom stereocenters. The van der Waals surface area contributed by atoms with Crippen LogP contribution in [-0.2, 0) is 48.6 Å². The number of benzene rings is 8. The van der Waals surface area contributed by atoms with Crippen molar-refractivity contribution >= 4 is 23.6 Å². The van der Waals surface area contributed by atoms with Crippen LogP contribution >= 0.6 is 0 Å². The molecular formula is C104H114F3N11O13. The minimum atomic E-state index is -4.50. The monoisotopic (exact) mass is 1780 g/mol. The molecule has 0 bridgehead atoms. The lowest BCUT2D eigenvalue weighted by atomic mass is 9.81. The van der Waals surface area contributed by atoms with Crippen molar-refractivity contribution in [3.05, 3.63) is 291 Å². The summed E-state index contributed by atoms with van der Waals surface area (Å²) in [5.74, 6) is 5.46. The highest BCUT2D eigenvalue weighted by Gasteiger charge is 2.52. The Hall–Kier alpha value is -13.9. The van der Waals surface area contributed by atoms with E-state index in [-0.39, 0.29) is 39.8 Å². The number of alkyl halides is 3. The Morgan fingerprint density at radius 3 is 1.50 bits per heavy atom. The third-order valence-corrected chi connectivity index (χ3v) is 26.6. The van der Waals surface area contributed by atoms with E-state index in [0.717, 1.165) is 118 Å². The molecule has 0 unspecified atom stereocenters. The Kier molecular flexibility index (Phi) is 24.2. The zero-order valence-electron chi connectivity index (χ0n) is 75.5. The van der Waals surface area contributed by atoms with Crippen molar-refractivity contribution in [2.45, 2.75) is 160 Å². The van der Waals surface area contributed by atoms with Crippen LogP contribution in [0.1, 0.15) is 188 Å². The van der Waals surface area contributed by atoms with Crippen LogP contribution < -0.4 is 43.6 Å². The summed E-state index contributed by atoms with van der Waals surface area (Å²) in [5, 5.41) is 23.5. The maximum Gasteiger partial charge on any atom is 0.431 e. The van der Waals surface area contributed by atoms with Crippen molar-refractivity contribution in [1.29, 1.82) is 5.26 Å². The molecule has 4 aromatic heterocycles. The Morgan fingerprint density at radius 2 is 0.985 bits per heavy atom. The normalized spacial score (nSPS) is 16.4. The fourth-order valence-corrected chi connectivity index (χ4v) is 19.6. The lowest BCUT2D eigenvalue weighted by Crippen LogP contribution is -2.50. The quantitative estimate of drug-likeness (QED) is 0.115. The molecule has 131 heavy (non-hydrogen) atoms. The number of ether oxygens (including phenoxy) is 8. The van der Waals surface area contributed by atoms with Gasteiger partial charge in [-0.3, -0.25) is 23.9 Å². The average Bonchev–Trinajstić information content (AvgIpc) is 1.52. The summed E-state index contributed by atoms with van der Waals surface area (Å²) in [6, 6.07) is 65.5. The van der Waals surface area contributed by atoms with Crippen molar-refractivity contribution in [2.75, 3.05) is 66.6 Å². The molecule has 24 nitrogen and oxygen atoms in total. The molecule has 12 aromatic rings. The number of aromatic nitrogens is 5. The number of nitrogens with zero attached hydrogens (tertiary/aromatic N) is 10. The van der Waals surface area contributed by atoms with Crippen molar-refractivity contribution in [1.82, 2.24) is 43.1 Å². The third kappa shape index (κ3) is 16.8. The third-order valence-electron chi connectivity index (χ3n) is 26.6. The van der Waals surface area contributed by atoms with Gasteiger partial charge in [-0.2, -0.15) is 23.5 Å². The number of hydrogen-bond acceptors (Lipinski definition) is 16. The first-order valence-corrected chi connectivity index (χ1v) is 44.7. The van der Waals surface area contributed by atoms with Crippen LogP contribution in [0.2, 0.25) is 0 Å². The molecule has 27 heteroatoms. The second-order valence-corrected chi connectivity index (χ2v) is 35.5. The smallest absolute Gasteiger partial charge is 0.431 e. The number of piperidine rings is 4. The van der Waals surface area contributed by atoms with E-state index in [9.17, 15) is 42.7 Å². The Morgan fingerprint density at radius 1 is 0.527 bits per heavy atom. The number of aryl methyl sites for hydroxylation is 5. The number of rotatable bonds is 12. The first-order chi connectivity index (χ1) is 62.9. The van der Waals surface area contributed by atoms with E-state index in [1.54, 1.807) is 87.4 Å². The number of aromatic hydroxyl groups is 1. The lowest BCUT2D eigenvalue weighted by molar-refractivity contribution is -0.143. The summed E-state index contributed by atoms with van der Waals surface area (Å²) >= 11 is 0. The highest BCUT2D eigenvalue weighted by atomic mass is 19.4. The van der Waals surface area contributed by atoms with Gasteiger partial charge in [-0.15, -0.1) is 0 Å². The summed E-state index contributed by atoms with van der Waals surface area (Å²) < 4.78 is 97.6. The Balaban J connectivity index is 0.000000142. The lowest BCUT2D eigenvalue weighted by Gasteiger charge is -2.45. The molecule has 0 radical (unpaired) electrons. The van der Waals surface area contributed by atoms with Gasteiger partial charge in [0.1, 0.15) is 69.1 Å². The molecule has 12 heterocycles. The number of likely N-dealkylation sites (tertiary alicyclic amines) is 4. The number of methoxy groups -OCH3 is 2. The maximum atomic E-state index is 13.7. The highest BCUT2D eigenvalue weighted by molar-refractivity contribution is 5.98. The molecular weight excluding hydrogens is 1670 g/mol. The van der Waals surface area contributed by atoms with E-state index >= 15 is 0 Å². The first-order valence-electron chi connectivity index (χ1n) is 44.7. The molecule has 684 valence electrons. The number of carbonyl (C=O) groups excluding carboxylic acids is 4. The van der Waals surface area contributed by atoms with E-state index in [0.29, 0.717) is 141 Å². The van der Waals surface area contributed by atoms with Crippen LogP contribution in [-0.4, -0.2) is 150 Å². The molecule has 4 amide bonds. The van der Waals surface area contributed by atoms with Crippen molar-refractivity contribution in [2.24, 2.45) is 12.8 Å². The number of para-hydroxylation sites is 7. The van der Waals surface area contributed by atoms with Gasteiger partial charge in [0, 0.05) is 167 Å². The molecule has 8 aromatic carbocycles. The molecule has 3 N–H and O–H groups in total. The second-order valence-electron chi connectivity index (χ2n) is 35.5. The number of phenols is 1. The standard InChI is InChI=1S/C27H28N4O4.C27H31N3O3.C26H28N2O3.C24H21F3N2O3.3H2/c1-26(2,17-28)34-18-9-10-20(23(15-18)33-4)25(32)31-13-11-27(12-14-31)21-16-29-30(3)24(21)19-7-5-6-8-22(19)35-27;1-18(2)32-23-10-8-20(16-19(23)3)26(31)29-14-12-27(13-15-29)25-11-9-21(17-28)30(25)22-6-4-5-7-24(22)33-27;1-4-19-10-11-20(17-23(19)30-3)25(29)27-15-13-26(14-16-27)24-12-9-18(2)28(24)21-7-5-6-8-22(21)31-26;1-15-14-16(6-7-18(15)30)22(31)28-12-10-23(11-13-28)20-8-9-21(24(25,26)27)29(20)17-4-2-3-5-19(17)32-23;;;/h5-10,15-16H,11-14H2,1-4H3;4-11,16,18H,12-15,17,28H2,1-3H3;5-12,17H,4,13-16H2,1-3H3;2-9,14,30H,10-13H2,1H3;3*1H. The van der Waals surface area contributed by atoms with Gasteiger partial charge < -0.3 is 82.0 Å². The average molecular weight is 1780 g/mol. The Bertz CT molecular complexity index is 6420. The maximum absolute atomic E-state index is 13.7. The number of hydrogen-bond donors (Lipinski definition) is 2. The predicted octanol–water partition coefficient (Wildman–Crippen LogP) is 19.5. The zero-order chi connectivity index (χ0) is 92.2. The van der Waals surface area contributed by atoms with Gasteiger partial charge in [0.15, 0.2) is 22.4 Å². The number of carbonyl (C=O) groups is 4. The minimum Gasteiger partial charge on any atom is -0.508 e. The topological polar surface area (TPSA) is 258 Å². The SMILES string of the molecule is CCc1ccc(C(=O)N2CCC3(CC2)Oc2ccccc2-n2c(C)ccc23)cc1OC.COc1cc(OC(C)(C)C#N)ccc1C(=O)N1CCC2(CC1)Oc1ccccc1-c1c2cnn1C.Cc1cc(C(=O)N2CCC3(CC2)Oc2ccccc2-n2c(C(F)(F)F)ccc23)ccc1O.Cc1cc(C(=O)N2CCC3(CC2)Oc2ccccc2-n2c(CN)ccc23)ccc1OC(C)C.[HH].[HH].[HH]. The van der Waals surface area contributed by atoms with Crippen LogP contribution in [0.25, 0.3) is 28.3 Å². The number of halogens is 3. The zero-order valence-corrected chi connectivity index (χ0v) is 75.5. The molecule has 8 aliphatic heterocycles. The number of nitriles is 1. The van der Waals surface area contributed by atoms with Crippen molar-refractivity contribution in [3.63, 3.8) is 0 Å². The van der Waals surface area contributed by atoms with Crippen molar-refractivity contribution in [3.8, 4) is 86.1 Å². The second kappa shape index (κ2) is 35.5.